The number of carboxylic acids is 1. The number of carbonyl (C=O) groups is 8. The number of amides is 4. The number of aliphatic hydroxyl groups excluding tert-OH is 1. The summed E-state index contributed by atoms with van der Waals surface area (Å²) in [5.74, 6) is -9.14. The van der Waals surface area contributed by atoms with E-state index in [1.165, 1.54) is 54.6 Å². The summed E-state index contributed by atoms with van der Waals surface area (Å²) >= 11 is 0. The van der Waals surface area contributed by atoms with Crippen molar-refractivity contribution in [2.24, 2.45) is 5.92 Å². The summed E-state index contributed by atoms with van der Waals surface area (Å²) in [4.78, 5) is 116. The lowest BCUT2D eigenvalue weighted by molar-refractivity contribution is -0.144. The van der Waals surface area contributed by atoms with Gasteiger partial charge < -0.3 is 50.5 Å². The standard InChI is InChI=1S/C43H47FN4O15/c1-6-20(2)37(41(57)45-29(13-14-34(53)61-4)40(56)48-38(21(3)49)42(58)46-30(31(52)19-44)18-35(54)62-5)47-39(55)22-7-10-25(43(59)60)28(15-22)36-26-11-8-23(50)16-32(26)63-33-17-24(51)9-12-27(33)36/h7-12,15-17,20-21,29-30,37-38,49-50H,6,13-14,18-19H2,1-5H3,(H,45,57)(H,46,58)(H,47,55)(H,48,56)(H,59,60)/t20-,21-,29-,30+,37-,38-/m0/s1. The molecule has 0 saturated heterocycles. The maximum absolute atomic E-state index is 14.1. The number of aromatic carboxylic acids is 1. The number of ketones is 1. The molecule has 1 aliphatic heterocycles. The molecule has 19 nitrogen and oxygen atoms in total. The number of rotatable bonds is 20. The minimum Gasteiger partial charge on any atom is -0.508 e. The second-order valence-electron chi connectivity index (χ2n) is 14.6. The van der Waals surface area contributed by atoms with E-state index in [1.807, 2.05) is 0 Å². The minimum atomic E-state index is -1.84. The summed E-state index contributed by atoms with van der Waals surface area (Å²) in [5.41, 5.74) is -0.0751. The van der Waals surface area contributed by atoms with Gasteiger partial charge in [-0.25, -0.2) is 9.18 Å². The Bertz CT molecular complexity index is 2430. The molecule has 2 aromatic carbocycles. The molecular formula is C43H47FN4O15. The Hall–Kier alpha value is -7.22. The summed E-state index contributed by atoms with van der Waals surface area (Å²) in [7, 11) is 2.09. The molecule has 4 amide bonds. The zero-order valence-corrected chi connectivity index (χ0v) is 34.8. The lowest BCUT2D eigenvalue weighted by atomic mass is 9.89. The molecule has 63 heavy (non-hydrogen) atoms. The fourth-order valence-corrected chi connectivity index (χ4v) is 6.56. The van der Waals surface area contributed by atoms with Crippen LogP contribution in [0.15, 0.2) is 63.8 Å². The molecule has 2 aromatic rings. The number of esters is 2. The number of aliphatic hydroxyl groups is 1. The summed E-state index contributed by atoms with van der Waals surface area (Å²) in [6, 6.07) is 5.10. The Kier molecular flexibility index (Phi) is 16.6. The summed E-state index contributed by atoms with van der Waals surface area (Å²) < 4.78 is 28.3. The van der Waals surface area contributed by atoms with Gasteiger partial charge >= 0.3 is 17.9 Å². The van der Waals surface area contributed by atoms with Gasteiger partial charge in [-0.1, -0.05) is 20.3 Å². The van der Waals surface area contributed by atoms with Crippen molar-refractivity contribution in [2.45, 2.75) is 76.7 Å². The van der Waals surface area contributed by atoms with Crippen LogP contribution in [0.25, 0.3) is 33.4 Å². The van der Waals surface area contributed by atoms with Crippen LogP contribution in [-0.4, -0.2) is 114 Å². The molecule has 7 N–H and O–H groups in total. The van der Waals surface area contributed by atoms with Gasteiger partial charge in [0, 0.05) is 40.6 Å². The third-order valence-electron chi connectivity index (χ3n) is 10.2. The predicted octanol–water partition coefficient (Wildman–Crippen LogP) is 2.00. The first kappa shape index (κ1) is 48.4. The highest BCUT2D eigenvalue weighted by atomic mass is 19.1. The first-order chi connectivity index (χ1) is 29.8. The Morgan fingerprint density at radius 1 is 0.778 bits per heavy atom. The van der Waals surface area contributed by atoms with Crippen LogP contribution in [0.5, 0.6) is 5.75 Å². The van der Waals surface area contributed by atoms with E-state index < -0.39 is 115 Å². The Morgan fingerprint density at radius 2 is 1.44 bits per heavy atom. The van der Waals surface area contributed by atoms with Gasteiger partial charge in [-0.2, -0.15) is 0 Å². The van der Waals surface area contributed by atoms with Crippen LogP contribution in [0.3, 0.4) is 0 Å². The van der Waals surface area contributed by atoms with Crippen molar-refractivity contribution in [2.75, 3.05) is 20.9 Å². The van der Waals surface area contributed by atoms with Crippen molar-refractivity contribution in [1.82, 2.24) is 21.3 Å². The number of fused-ring (bicyclic) bond motifs is 2. The van der Waals surface area contributed by atoms with Gasteiger partial charge in [0.2, 0.25) is 17.7 Å². The van der Waals surface area contributed by atoms with Crippen molar-refractivity contribution in [1.29, 1.82) is 0 Å². The average Bonchev–Trinajstić information content (AvgIpc) is 3.25. The Morgan fingerprint density at radius 3 is 2.06 bits per heavy atom. The first-order valence-electron chi connectivity index (χ1n) is 19.5. The molecule has 0 fully saturated rings. The number of halogens is 1. The van der Waals surface area contributed by atoms with Crippen molar-refractivity contribution in [3.63, 3.8) is 0 Å². The van der Waals surface area contributed by atoms with Gasteiger partial charge in [-0.05, 0) is 67.3 Å². The number of hydrogen-bond donors (Lipinski definition) is 7. The van der Waals surface area contributed by atoms with E-state index in [1.54, 1.807) is 13.8 Å². The van der Waals surface area contributed by atoms with E-state index >= 15 is 0 Å². The highest BCUT2D eigenvalue weighted by Crippen LogP contribution is 2.42. The third kappa shape index (κ3) is 12.0. The van der Waals surface area contributed by atoms with Crippen LogP contribution in [0, 0.1) is 5.92 Å². The largest absolute Gasteiger partial charge is 0.508 e. The van der Waals surface area contributed by atoms with Crippen LogP contribution in [-0.2, 0) is 38.2 Å². The highest BCUT2D eigenvalue weighted by Gasteiger charge is 2.35. The molecule has 336 valence electrons. The SMILES string of the molecule is CC[C@H](C)[C@H](NC(=O)c1ccc(C(=O)O)c(-c2c3ccc(=O)cc-3oc3cc(O)ccc23)c1)C(=O)N[C@@H](CCC(=O)OC)C(=O)N[C@H](C(=O)N[C@H](CC(=O)OC)C(=O)CF)[C@H](C)O. The fourth-order valence-electron chi connectivity index (χ4n) is 6.56. The number of nitrogens with one attached hydrogen (secondary N) is 4. The van der Waals surface area contributed by atoms with Crippen LogP contribution in [0.4, 0.5) is 4.39 Å². The Balaban J connectivity index is 1.68. The fraction of sp³-hybridized carbons (Fsp3) is 0.372. The average molecular weight is 879 g/mol. The number of Topliss-reactive ketones (excluding diaryl/α,β-unsaturated/α-hetero) is 1. The summed E-state index contributed by atoms with van der Waals surface area (Å²) in [6.07, 6.45) is -2.97. The lowest BCUT2D eigenvalue weighted by Gasteiger charge is -2.28. The van der Waals surface area contributed by atoms with E-state index in [0.717, 1.165) is 21.1 Å². The van der Waals surface area contributed by atoms with Crippen molar-refractivity contribution in [3.05, 3.63) is 75.9 Å². The highest BCUT2D eigenvalue weighted by molar-refractivity contribution is 6.09. The molecule has 0 aromatic heterocycles. The van der Waals surface area contributed by atoms with Gasteiger partial charge in [-0.15, -0.1) is 0 Å². The molecule has 6 atom stereocenters. The molecule has 0 saturated carbocycles. The normalized spacial score (nSPS) is 14.0. The Labute approximate surface area is 358 Å². The van der Waals surface area contributed by atoms with Crippen LogP contribution >= 0.6 is 0 Å². The number of ether oxygens (including phenoxy) is 2. The maximum atomic E-state index is 14.1. The summed E-state index contributed by atoms with van der Waals surface area (Å²) in [5, 5.41) is 40.7. The van der Waals surface area contributed by atoms with E-state index in [2.05, 4.69) is 30.7 Å². The second-order valence-corrected chi connectivity index (χ2v) is 14.6. The van der Waals surface area contributed by atoms with Gasteiger partial charge in [-0.3, -0.25) is 38.4 Å². The van der Waals surface area contributed by atoms with Crippen LogP contribution < -0.4 is 26.7 Å². The minimum absolute atomic E-state index is 0.0248. The van der Waals surface area contributed by atoms with Crippen molar-refractivity contribution in [3.8, 4) is 28.2 Å². The molecule has 0 unspecified atom stereocenters. The maximum Gasteiger partial charge on any atom is 0.336 e. The van der Waals surface area contributed by atoms with Gasteiger partial charge in [0.05, 0.1) is 32.3 Å². The number of methoxy groups -OCH3 is 2. The zero-order valence-electron chi connectivity index (χ0n) is 34.8. The van der Waals surface area contributed by atoms with Crippen LogP contribution in [0.1, 0.15) is 67.2 Å². The predicted molar refractivity (Wildman–Crippen MR) is 220 cm³/mol. The number of alkyl halides is 1. The number of benzene rings is 3. The van der Waals surface area contributed by atoms with Gasteiger partial charge in [0.1, 0.15) is 47.9 Å². The lowest BCUT2D eigenvalue weighted by Crippen LogP contribution is -2.60. The number of carbonyl (C=O) groups excluding carboxylic acids is 7. The number of carboxylic acid groups (broad SMARTS) is 1. The second kappa shape index (κ2) is 21.5. The molecule has 4 rings (SSSR count). The zero-order chi connectivity index (χ0) is 46.7. The molecule has 2 aliphatic rings. The third-order valence-corrected chi connectivity index (χ3v) is 10.2. The van der Waals surface area contributed by atoms with E-state index in [-0.39, 0.29) is 39.3 Å². The van der Waals surface area contributed by atoms with Crippen molar-refractivity contribution >= 4 is 58.3 Å². The van der Waals surface area contributed by atoms with E-state index in [0.29, 0.717) is 17.4 Å². The number of hydrogen-bond acceptors (Lipinski definition) is 14. The topological polar surface area (TPSA) is 294 Å². The van der Waals surface area contributed by atoms with Gasteiger partial charge in [0.25, 0.3) is 5.91 Å². The number of phenols is 1. The molecule has 20 heteroatoms. The monoisotopic (exact) mass is 878 g/mol. The molecular weight excluding hydrogens is 831 g/mol. The molecule has 1 heterocycles. The van der Waals surface area contributed by atoms with E-state index in [9.17, 15) is 62.9 Å². The van der Waals surface area contributed by atoms with Crippen LogP contribution in [0.2, 0.25) is 0 Å². The van der Waals surface area contributed by atoms with E-state index in [4.69, 9.17) is 4.42 Å². The quantitative estimate of drug-likeness (QED) is 0.0494. The molecule has 0 radical (unpaired) electrons. The van der Waals surface area contributed by atoms with Crippen molar-refractivity contribution < 1.29 is 72.0 Å². The number of phenolic OH excluding ortho intramolecular Hbond substituents is 1. The van der Waals surface area contributed by atoms with Gasteiger partial charge in [0.15, 0.2) is 11.2 Å². The molecule has 0 spiro atoms. The number of aromatic hydroxyl groups is 1. The first-order valence-corrected chi connectivity index (χ1v) is 19.5. The molecule has 0 bridgehead atoms. The smallest absolute Gasteiger partial charge is 0.336 e. The summed E-state index contributed by atoms with van der Waals surface area (Å²) in [6.45, 7) is 2.88. The molecule has 1 aliphatic carbocycles.